The summed E-state index contributed by atoms with van der Waals surface area (Å²) in [5, 5.41) is 0. The number of rotatable bonds is 4. The molecule has 0 aliphatic heterocycles. The van der Waals surface area contributed by atoms with Crippen LogP contribution in [0.25, 0.3) is 11.0 Å². The first kappa shape index (κ1) is 14.4. The van der Waals surface area contributed by atoms with Gasteiger partial charge in [-0.05, 0) is 59.8 Å². The minimum atomic E-state index is 0.601. The van der Waals surface area contributed by atoms with Crippen molar-refractivity contribution in [1.29, 1.82) is 0 Å². The van der Waals surface area contributed by atoms with E-state index in [0.29, 0.717) is 5.88 Å². The minimum Gasteiger partial charge on any atom is -0.323 e. The lowest BCUT2D eigenvalue weighted by molar-refractivity contribution is 0.763. The average molecular weight is 417 g/mol. The summed E-state index contributed by atoms with van der Waals surface area (Å²) in [7, 11) is 0. The van der Waals surface area contributed by atoms with Gasteiger partial charge in [0.15, 0.2) is 0 Å². The molecule has 0 saturated heterocycles. The number of aromatic nitrogens is 2. The molecule has 3 rings (SSSR count). The molecule has 2 heterocycles. The zero-order valence-electron chi connectivity index (χ0n) is 11.1. The normalized spacial score (nSPS) is 11.3. The molecule has 0 bridgehead atoms. The van der Waals surface area contributed by atoms with E-state index in [-0.39, 0.29) is 0 Å². The zero-order valence-corrected chi connectivity index (χ0v) is 14.8. The van der Waals surface area contributed by atoms with Gasteiger partial charge in [0.05, 0.1) is 17.6 Å². The Labute approximate surface area is 140 Å². The summed E-state index contributed by atoms with van der Waals surface area (Å²) in [4.78, 5) is 7.45. The van der Waals surface area contributed by atoms with Crippen LogP contribution in [0.2, 0.25) is 0 Å². The van der Waals surface area contributed by atoms with Crippen LogP contribution in [0, 0.1) is 10.5 Å². The summed E-state index contributed by atoms with van der Waals surface area (Å²) in [6.45, 7) is 3.02. The lowest BCUT2D eigenvalue weighted by atomic mass is 10.3. The third kappa shape index (κ3) is 2.87. The van der Waals surface area contributed by atoms with Gasteiger partial charge in [0.25, 0.3) is 0 Å². The van der Waals surface area contributed by atoms with Crippen molar-refractivity contribution < 1.29 is 0 Å². The number of fused-ring (bicyclic) bond motifs is 1. The first-order chi connectivity index (χ1) is 9.67. The van der Waals surface area contributed by atoms with Gasteiger partial charge in [-0.2, -0.15) is 0 Å². The Morgan fingerprint density at radius 1 is 1.30 bits per heavy atom. The second-order valence-corrected chi connectivity index (χ2v) is 7.69. The number of benzene rings is 1. The molecule has 0 atom stereocenters. The molecule has 0 N–H and O–H groups in total. The fraction of sp³-hybridized carbons (Fsp3) is 0.267. The molecule has 2 nitrogen and oxygen atoms in total. The predicted molar refractivity (Wildman–Crippen MR) is 95.0 cm³/mol. The molecule has 0 aliphatic rings. The van der Waals surface area contributed by atoms with E-state index in [1.807, 2.05) is 11.3 Å². The molecule has 0 saturated carbocycles. The van der Waals surface area contributed by atoms with E-state index in [2.05, 4.69) is 64.4 Å². The van der Waals surface area contributed by atoms with E-state index in [4.69, 9.17) is 16.6 Å². The lowest BCUT2D eigenvalue weighted by Gasteiger charge is -2.07. The summed E-state index contributed by atoms with van der Waals surface area (Å²) in [5.41, 5.74) is 2.25. The number of hydrogen-bond donors (Lipinski definition) is 0. The Bertz CT molecular complexity index is 747. The lowest BCUT2D eigenvalue weighted by Crippen LogP contribution is -2.04. The Balaban J connectivity index is 2.08. The number of halogens is 2. The predicted octanol–water partition coefficient (Wildman–Crippen LogP) is 4.84. The Hall–Kier alpha value is -0.590. The first-order valence-electron chi connectivity index (χ1n) is 6.43. The summed E-state index contributed by atoms with van der Waals surface area (Å²) >= 11 is 10.1. The summed E-state index contributed by atoms with van der Waals surface area (Å²) in [6.07, 6.45) is 0.803. The SMILES string of the molecule is Cc1ccc(Cn2c(CCCl)nc3cc(I)ccc32)s1. The van der Waals surface area contributed by atoms with Crippen LogP contribution in [0.3, 0.4) is 0 Å². The molecule has 0 aliphatic carbocycles. The second-order valence-electron chi connectivity index (χ2n) is 4.70. The number of thiophene rings is 1. The number of imidazole rings is 1. The maximum absolute atomic E-state index is 5.92. The van der Waals surface area contributed by atoms with E-state index >= 15 is 0 Å². The van der Waals surface area contributed by atoms with Gasteiger partial charge in [0.1, 0.15) is 5.82 Å². The quantitative estimate of drug-likeness (QED) is 0.439. The van der Waals surface area contributed by atoms with E-state index in [9.17, 15) is 0 Å². The fourth-order valence-corrected chi connectivity index (χ4v) is 3.85. The largest absolute Gasteiger partial charge is 0.323 e. The molecule has 5 heteroatoms. The second kappa shape index (κ2) is 6.03. The average Bonchev–Trinajstić information content (AvgIpc) is 2.95. The monoisotopic (exact) mass is 416 g/mol. The molecule has 0 unspecified atom stereocenters. The van der Waals surface area contributed by atoms with Crippen LogP contribution in [-0.4, -0.2) is 15.4 Å². The highest BCUT2D eigenvalue weighted by atomic mass is 127. The van der Waals surface area contributed by atoms with Crippen molar-refractivity contribution in [2.24, 2.45) is 0 Å². The maximum atomic E-state index is 5.92. The molecule has 0 fully saturated rings. The van der Waals surface area contributed by atoms with E-state index in [0.717, 1.165) is 24.3 Å². The van der Waals surface area contributed by atoms with E-state index in [1.54, 1.807) is 0 Å². The van der Waals surface area contributed by atoms with Gasteiger partial charge >= 0.3 is 0 Å². The van der Waals surface area contributed by atoms with E-state index < -0.39 is 0 Å². The third-order valence-electron chi connectivity index (χ3n) is 3.22. The van der Waals surface area contributed by atoms with Crippen molar-refractivity contribution in [1.82, 2.24) is 9.55 Å². The molecule has 2 aromatic heterocycles. The first-order valence-corrected chi connectivity index (χ1v) is 8.86. The highest BCUT2D eigenvalue weighted by Crippen LogP contribution is 2.23. The van der Waals surface area contributed by atoms with Gasteiger partial charge in [-0.3, -0.25) is 0 Å². The van der Waals surface area contributed by atoms with Crippen molar-refractivity contribution in [3.63, 3.8) is 0 Å². The summed E-state index contributed by atoms with van der Waals surface area (Å²) < 4.78 is 3.50. The molecule has 104 valence electrons. The topological polar surface area (TPSA) is 17.8 Å². The van der Waals surface area contributed by atoms with Crippen molar-refractivity contribution in [3.05, 3.63) is 49.5 Å². The fourth-order valence-electron chi connectivity index (χ4n) is 2.33. The molecule has 3 aromatic rings. The Morgan fingerprint density at radius 3 is 2.85 bits per heavy atom. The van der Waals surface area contributed by atoms with E-state index in [1.165, 1.54) is 18.8 Å². The van der Waals surface area contributed by atoms with Crippen LogP contribution in [-0.2, 0) is 13.0 Å². The standard InChI is InChI=1S/C15H14ClIN2S/c1-10-2-4-12(20-10)9-19-14-5-3-11(17)8-13(14)18-15(19)6-7-16/h2-5,8H,6-7,9H2,1H3. The molecule has 0 radical (unpaired) electrons. The van der Waals surface area contributed by atoms with Gasteiger partial charge < -0.3 is 4.57 Å². The Kier molecular flexibility index (Phi) is 4.33. The minimum absolute atomic E-state index is 0.601. The molecule has 0 spiro atoms. The summed E-state index contributed by atoms with van der Waals surface area (Å²) in [5.74, 6) is 1.67. The highest BCUT2D eigenvalue weighted by molar-refractivity contribution is 14.1. The van der Waals surface area contributed by atoms with Crippen molar-refractivity contribution in [2.45, 2.75) is 19.9 Å². The molecular formula is C15H14ClIN2S. The van der Waals surface area contributed by atoms with Crippen LogP contribution < -0.4 is 0 Å². The third-order valence-corrected chi connectivity index (χ3v) is 5.06. The van der Waals surface area contributed by atoms with Crippen molar-refractivity contribution in [3.8, 4) is 0 Å². The van der Waals surface area contributed by atoms with Crippen LogP contribution in [0.1, 0.15) is 15.6 Å². The molecule has 1 aromatic carbocycles. The van der Waals surface area contributed by atoms with Gasteiger partial charge in [-0.15, -0.1) is 22.9 Å². The van der Waals surface area contributed by atoms with Crippen LogP contribution in [0.5, 0.6) is 0 Å². The maximum Gasteiger partial charge on any atom is 0.111 e. The zero-order chi connectivity index (χ0) is 14.1. The number of hydrogen-bond acceptors (Lipinski definition) is 2. The smallest absolute Gasteiger partial charge is 0.111 e. The molecule has 20 heavy (non-hydrogen) atoms. The van der Waals surface area contributed by atoms with Gasteiger partial charge in [0.2, 0.25) is 0 Å². The van der Waals surface area contributed by atoms with Gasteiger partial charge in [-0.25, -0.2) is 4.98 Å². The van der Waals surface area contributed by atoms with Gasteiger partial charge in [-0.1, -0.05) is 0 Å². The van der Waals surface area contributed by atoms with Crippen LogP contribution >= 0.6 is 45.5 Å². The molecular weight excluding hydrogens is 403 g/mol. The number of nitrogens with zero attached hydrogens (tertiary/aromatic N) is 2. The summed E-state index contributed by atoms with van der Waals surface area (Å²) in [6, 6.07) is 10.8. The van der Waals surface area contributed by atoms with Crippen molar-refractivity contribution in [2.75, 3.05) is 5.88 Å². The number of aryl methyl sites for hydroxylation is 2. The van der Waals surface area contributed by atoms with Crippen molar-refractivity contribution >= 4 is 56.6 Å². The van der Waals surface area contributed by atoms with Crippen LogP contribution in [0.15, 0.2) is 30.3 Å². The Morgan fingerprint density at radius 2 is 2.15 bits per heavy atom. The number of alkyl halides is 1. The highest BCUT2D eigenvalue weighted by Gasteiger charge is 2.11. The molecule has 0 amide bonds. The van der Waals surface area contributed by atoms with Gasteiger partial charge in [0, 0.05) is 25.6 Å². The van der Waals surface area contributed by atoms with Crippen LogP contribution in [0.4, 0.5) is 0 Å².